The van der Waals surface area contributed by atoms with Crippen molar-refractivity contribution in [3.05, 3.63) is 0 Å². The molecule has 0 amide bonds. The first-order chi connectivity index (χ1) is 8.29. The molecule has 0 bridgehead atoms. The maximum Gasteiger partial charge on any atom is 0.0309 e. The van der Waals surface area contributed by atoms with Crippen LogP contribution in [0.2, 0.25) is 0 Å². The van der Waals surface area contributed by atoms with Gasteiger partial charge in [-0.25, -0.2) is 0 Å². The number of nitrogens with one attached hydrogen (secondary N) is 1. The average Bonchev–Trinajstić information content (AvgIpc) is 2.78. The molecule has 1 saturated carbocycles. The van der Waals surface area contributed by atoms with E-state index in [1.54, 1.807) is 0 Å². The first-order valence-corrected chi connectivity index (χ1v) is 8.52. The molecule has 1 N–H and O–H groups in total. The van der Waals surface area contributed by atoms with E-state index in [2.05, 4.69) is 35.8 Å². The second kappa shape index (κ2) is 6.44. The lowest BCUT2D eigenvalue weighted by atomic mass is 9.92. The second-order valence-electron chi connectivity index (χ2n) is 5.60. The quantitative estimate of drug-likeness (QED) is 0.762. The minimum Gasteiger partial charge on any atom is -0.308 e. The Morgan fingerprint density at radius 3 is 2.71 bits per heavy atom. The van der Waals surface area contributed by atoms with Crippen molar-refractivity contribution in [1.82, 2.24) is 10.2 Å². The van der Waals surface area contributed by atoms with Crippen LogP contribution >= 0.6 is 11.8 Å². The van der Waals surface area contributed by atoms with Crippen molar-refractivity contribution in [3.8, 4) is 0 Å². The number of nitrogens with zero attached hydrogens (tertiary/aromatic N) is 1. The van der Waals surface area contributed by atoms with Gasteiger partial charge in [0.05, 0.1) is 0 Å². The Hall–Kier alpha value is 0.270. The second-order valence-corrected chi connectivity index (χ2v) is 6.99. The summed E-state index contributed by atoms with van der Waals surface area (Å²) in [5.41, 5.74) is 0.489. The summed E-state index contributed by atoms with van der Waals surface area (Å²) in [7, 11) is 0. The van der Waals surface area contributed by atoms with Crippen LogP contribution in [-0.2, 0) is 0 Å². The minimum absolute atomic E-state index is 0.489. The number of hydrogen-bond donors (Lipinski definition) is 1. The van der Waals surface area contributed by atoms with Gasteiger partial charge in [0.15, 0.2) is 0 Å². The Morgan fingerprint density at radius 1 is 1.29 bits per heavy atom. The summed E-state index contributed by atoms with van der Waals surface area (Å²) in [5.74, 6) is 2.57. The third-order valence-corrected chi connectivity index (χ3v) is 5.37. The smallest absolute Gasteiger partial charge is 0.0309 e. The zero-order valence-electron chi connectivity index (χ0n) is 11.5. The summed E-state index contributed by atoms with van der Waals surface area (Å²) in [6.07, 6.45) is 6.96. The lowest BCUT2D eigenvalue weighted by molar-refractivity contribution is 0.0845. The van der Waals surface area contributed by atoms with Gasteiger partial charge in [-0.1, -0.05) is 26.7 Å². The Balaban J connectivity index is 1.88. The van der Waals surface area contributed by atoms with Crippen LogP contribution in [0.1, 0.15) is 46.0 Å². The molecule has 1 aliphatic carbocycles. The molecular weight excluding hydrogens is 228 g/mol. The maximum absolute atomic E-state index is 3.87. The highest BCUT2D eigenvalue weighted by molar-refractivity contribution is 7.99. The van der Waals surface area contributed by atoms with Crippen molar-refractivity contribution < 1.29 is 0 Å². The Morgan fingerprint density at radius 2 is 2.06 bits per heavy atom. The summed E-state index contributed by atoms with van der Waals surface area (Å²) in [5, 5.41) is 3.87. The van der Waals surface area contributed by atoms with Gasteiger partial charge in [-0.2, -0.15) is 11.8 Å². The fourth-order valence-electron chi connectivity index (χ4n) is 3.41. The largest absolute Gasteiger partial charge is 0.308 e. The Labute approximate surface area is 111 Å². The van der Waals surface area contributed by atoms with Crippen molar-refractivity contribution in [2.45, 2.75) is 57.5 Å². The fraction of sp³-hybridized carbons (Fsp3) is 1.00. The van der Waals surface area contributed by atoms with Gasteiger partial charge in [-0.3, -0.25) is 4.90 Å². The van der Waals surface area contributed by atoms with Crippen LogP contribution in [0.4, 0.5) is 0 Å². The van der Waals surface area contributed by atoms with E-state index in [1.807, 2.05) is 0 Å². The van der Waals surface area contributed by atoms with Crippen LogP contribution in [0.3, 0.4) is 0 Å². The molecule has 2 rings (SSSR count). The molecule has 2 nitrogen and oxygen atoms in total. The van der Waals surface area contributed by atoms with Crippen LogP contribution in [-0.4, -0.2) is 47.6 Å². The van der Waals surface area contributed by atoms with Crippen LogP contribution in [0, 0.1) is 0 Å². The SMILES string of the molecule is CCSCCN1CC2(CCCC2)NCC1CC. The highest BCUT2D eigenvalue weighted by atomic mass is 32.2. The normalized spacial score (nSPS) is 28.9. The highest BCUT2D eigenvalue weighted by Crippen LogP contribution is 2.33. The van der Waals surface area contributed by atoms with Crippen LogP contribution < -0.4 is 5.32 Å². The van der Waals surface area contributed by atoms with Crippen LogP contribution in [0.5, 0.6) is 0 Å². The number of piperazine rings is 1. The third-order valence-electron chi connectivity index (χ3n) is 4.49. The molecule has 1 spiro atoms. The van der Waals surface area contributed by atoms with Gasteiger partial charge >= 0.3 is 0 Å². The topological polar surface area (TPSA) is 15.3 Å². The zero-order valence-corrected chi connectivity index (χ0v) is 12.3. The lowest BCUT2D eigenvalue weighted by Crippen LogP contribution is -2.63. The van der Waals surface area contributed by atoms with Gasteiger partial charge in [0.1, 0.15) is 0 Å². The zero-order chi connectivity index (χ0) is 12.1. The third kappa shape index (κ3) is 3.39. The van der Waals surface area contributed by atoms with Gasteiger partial charge in [-0.15, -0.1) is 0 Å². The summed E-state index contributed by atoms with van der Waals surface area (Å²) >= 11 is 2.08. The van der Waals surface area contributed by atoms with Gasteiger partial charge in [-0.05, 0) is 25.0 Å². The number of rotatable bonds is 5. The van der Waals surface area contributed by atoms with Crippen LogP contribution in [0.25, 0.3) is 0 Å². The molecule has 0 aromatic heterocycles. The molecule has 100 valence electrons. The summed E-state index contributed by atoms with van der Waals surface area (Å²) < 4.78 is 0. The van der Waals surface area contributed by atoms with E-state index in [0.717, 1.165) is 6.04 Å². The van der Waals surface area contributed by atoms with Gasteiger partial charge in [0.2, 0.25) is 0 Å². The molecule has 1 aliphatic heterocycles. The van der Waals surface area contributed by atoms with E-state index in [4.69, 9.17) is 0 Å². The van der Waals surface area contributed by atoms with Crippen molar-refractivity contribution in [3.63, 3.8) is 0 Å². The molecular formula is C14H28N2S. The fourth-order valence-corrected chi connectivity index (χ4v) is 4.07. The molecule has 0 aromatic carbocycles. The van der Waals surface area contributed by atoms with E-state index in [9.17, 15) is 0 Å². The predicted molar refractivity (Wildman–Crippen MR) is 77.9 cm³/mol. The van der Waals surface area contributed by atoms with E-state index >= 15 is 0 Å². The molecule has 0 radical (unpaired) electrons. The summed E-state index contributed by atoms with van der Waals surface area (Å²) in [4.78, 5) is 2.77. The number of thioether (sulfide) groups is 1. The molecule has 17 heavy (non-hydrogen) atoms. The average molecular weight is 256 g/mol. The van der Waals surface area contributed by atoms with Crippen molar-refractivity contribution >= 4 is 11.8 Å². The molecule has 3 heteroatoms. The van der Waals surface area contributed by atoms with Crippen molar-refractivity contribution in [2.24, 2.45) is 0 Å². The monoisotopic (exact) mass is 256 g/mol. The van der Waals surface area contributed by atoms with Crippen molar-refractivity contribution in [1.29, 1.82) is 0 Å². The van der Waals surface area contributed by atoms with E-state index in [1.165, 1.54) is 63.2 Å². The van der Waals surface area contributed by atoms with Crippen LogP contribution in [0.15, 0.2) is 0 Å². The maximum atomic E-state index is 3.87. The summed E-state index contributed by atoms with van der Waals surface area (Å²) in [6.45, 7) is 8.40. The van der Waals surface area contributed by atoms with Gasteiger partial charge in [0, 0.05) is 37.0 Å². The highest BCUT2D eigenvalue weighted by Gasteiger charge is 2.40. The Bertz CT molecular complexity index is 226. The first-order valence-electron chi connectivity index (χ1n) is 7.36. The lowest BCUT2D eigenvalue weighted by Gasteiger charge is -2.46. The molecule has 1 unspecified atom stereocenters. The molecule has 1 atom stereocenters. The van der Waals surface area contributed by atoms with Crippen molar-refractivity contribution in [2.75, 3.05) is 31.1 Å². The molecule has 0 aromatic rings. The molecule has 1 saturated heterocycles. The minimum atomic E-state index is 0.489. The standard InChI is InChI=1S/C14H28N2S/c1-3-13-11-15-14(7-5-6-8-14)12-16(13)9-10-17-4-2/h13,15H,3-12H2,1-2H3. The predicted octanol–water partition coefficient (Wildman–Crippen LogP) is 2.74. The molecule has 2 fully saturated rings. The molecule has 1 heterocycles. The van der Waals surface area contributed by atoms with Gasteiger partial charge < -0.3 is 5.32 Å². The number of hydrogen-bond acceptors (Lipinski definition) is 3. The Kier molecular flexibility index (Phi) is 5.19. The van der Waals surface area contributed by atoms with E-state index < -0.39 is 0 Å². The van der Waals surface area contributed by atoms with Gasteiger partial charge in [0.25, 0.3) is 0 Å². The first kappa shape index (κ1) is 13.7. The van der Waals surface area contributed by atoms with E-state index in [0.29, 0.717) is 5.54 Å². The van der Waals surface area contributed by atoms with E-state index in [-0.39, 0.29) is 0 Å². The molecule has 2 aliphatic rings. The summed E-state index contributed by atoms with van der Waals surface area (Å²) in [6, 6.07) is 0.777.